The SMILES string of the molecule is C[C@@H](C(=S)c1ccncc1)[C@H]1NC(=O)[C@@H]1[C@@](C)(O[SiH](C)C)C(C)(C)C. The molecule has 2 rings (SSSR count). The van der Waals surface area contributed by atoms with E-state index in [9.17, 15) is 4.79 Å². The molecule has 2 heterocycles. The number of carbonyl (C=O) groups excluding carboxylic acids is 1. The molecule has 138 valence electrons. The molecular weight excluding hydrogens is 348 g/mol. The Bertz CT molecular complexity index is 645. The summed E-state index contributed by atoms with van der Waals surface area (Å²) in [5, 5.41) is 3.09. The number of amides is 1. The summed E-state index contributed by atoms with van der Waals surface area (Å²) in [5.74, 6) is -0.0714. The van der Waals surface area contributed by atoms with Crippen molar-refractivity contribution < 1.29 is 9.22 Å². The molecule has 1 aromatic heterocycles. The second kappa shape index (κ2) is 7.25. The maximum Gasteiger partial charge on any atom is 0.228 e. The summed E-state index contributed by atoms with van der Waals surface area (Å²) >= 11 is 5.70. The molecule has 0 bridgehead atoms. The van der Waals surface area contributed by atoms with Crippen molar-refractivity contribution in [3.63, 3.8) is 0 Å². The third-order valence-corrected chi connectivity index (χ3v) is 7.00. The topological polar surface area (TPSA) is 51.2 Å². The molecule has 1 aliphatic heterocycles. The number of hydrogen-bond acceptors (Lipinski definition) is 4. The van der Waals surface area contributed by atoms with Crippen LogP contribution in [-0.4, -0.2) is 36.4 Å². The van der Waals surface area contributed by atoms with Crippen LogP contribution in [0.2, 0.25) is 13.1 Å². The third-order valence-electron chi connectivity index (χ3n) is 5.43. The van der Waals surface area contributed by atoms with Gasteiger partial charge in [0.25, 0.3) is 0 Å². The summed E-state index contributed by atoms with van der Waals surface area (Å²) in [6.07, 6.45) is 3.50. The van der Waals surface area contributed by atoms with Gasteiger partial charge in [-0.2, -0.15) is 0 Å². The summed E-state index contributed by atoms with van der Waals surface area (Å²) in [6, 6.07) is 3.84. The highest BCUT2D eigenvalue weighted by atomic mass is 32.1. The highest BCUT2D eigenvalue weighted by Crippen LogP contribution is 2.46. The molecular formula is C19H30N2O2SSi. The maximum absolute atomic E-state index is 12.6. The van der Waals surface area contributed by atoms with Crippen molar-refractivity contribution in [2.45, 2.75) is 59.4 Å². The monoisotopic (exact) mass is 378 g/mol. The Morgan fingerprint density at radius 3 is 2.28 bits per heavy atom. The number of aromatic nitrogens is 1. The summed E-state index contributed by atoms with van der Waals surface area (Å²) in [4.78, 5) is 17.5. The first-order valence-electron chi connectivity index (χ1n) is 8.91. The Balaban J connectivity index is 2.30. The predicted molar refractivity (Wildman–Crippen MR) is 108 cm³/mol. The van der Waals surface area contributed by atoms with Crippen molar-refractivity contribution in [2.24, 2.45) is 17.3 Å². The van der Waals surface area contributed by atoms with Crippen LogP contribution in [0.3, 0.4) is 0 Å². The Morgan fingerprint density at radius 1 is 1.28 bits per heavy atom. The van der Waals surface area contributed by atoms with Gasteiger partial charge in [0.05, 0.1) is 17.6 Å². The maximum atomic E-state index is 12.6. The van der Waals surface area contributed by atoms with Crippen molar-refractivity contribution in [3.05, 3.63) is 30.1 Å². The molecule has 4 nitrogen and oxygen atoms in total. The molecule has 0 aromatic carbocycles. The van der Waals surface area contributed by atoms with Gasteiger partial charge in [0.15, 0.2) is 9.04 Å². The van der Waals surface area contributed by atoms with Crippen LogP contribution in [0.1, 0.15) is 40.2 Å². The summed E-state index contributed by atoms with van der Waals surface area (Å²) in [5.41, 5.74) is 0.333. The van der Waals surface area contributed by atoms with Gasteiger partial charge < -0.3 is 9.74 Å². The van der Waals surface area contributed by atoms with E-state index in [1.165, 1.54) is 0 Å². The highest BCUT2D eigenvalue weighted by molar-refractivity contribution is 7.80. The van der Waals surface area contributed by atoms with Crippen LogP contribution < -0.4 is 5.32 Å². The van der Waals surface area contributed by atoms with Crippen LogP contribution in [0.4, 0.5) is 0 Å². The van der Waals surface area contributed by atoms with Crippen LogP contribution in [0, 0.1) is 17.3 Å². The van der Waals surface area contributed by atoms with Gasteiger partial charge in [0, 0.05) is 23.2 Å². The quantitative estimate of drug-likeness (QED) is 0.357. The lowest BCUT2D eigenvalue weighted by Crippen LogP contribution is -2.72. The van der Waals surface area contributed by atoms with Crippen LogP contribution in [0.15, 0.2) is 24.5 Å². The van der Waals surface area contributed by atoms with E-state index in [1.807, 2.05) is 12.1 Å². The normalized spacial score (nSPS) is 24.2. The van der Waals surface area contributed by atoms with Crippen LogP contribution in [-0.2, 0) is 9.22 Å². The van der Waals surface area contributed by atoms with Crippen LogP contribution >= 0.6 is 12.2 Å². The number of carbonyl (C=O) groups is 1. The predicted octanol–water partition coefficient (Wildman–Crippen LogP) is 3.36. The molecule has 25 heavy (non-hydrogen) atoms. The van der Waals surface area contributed by atoms with E-state index < -0.39 is 14.6 Å². The number of pyridine rings is 1. The minimum Gasteiger partial charge on any atom is -0.414 e. The highest BCUT2D eigenvalue weighted by Gasteiger charge is 2.58. The number of thiocarbonyl (C=S) groups is 1. The van der Waals surface area contributed by atoms with E-state index in [2.05, 4.69) is 58.0 Å². The van der Waals surface area contributed by atoms with Gasteiger partial charge in [0.1, 0.15) is 0 Å². The summed E-state index contributed by atoms with van der Waals surface area (Å²) < 4.78 is 6.47. The standard InChI is InChI=1S/C19H30N2O2SSi/c1-12(16(24)13-8-10-20-11-9-13)15-14(17(22)21-15)19(5,18(2,3)4)23-25(6)7/h8-12,14-15,25H,1-7H3,(H,21,22)/t12-,14-,15-,19-/m1/s1. The molecule has 1 amide bonds. The van der Waals surface area contributed by atoms with E-state index >= 15 is 0 Å². The third kappa shape index (κ3) is 3.86. The fourth-order valence-corrected chi connectivity index (χ4v) is 5.32. The molecule has 0 unspecified atom stereocenters. The molecule has 1 aromatic rings. The van der Waals surface area contributed by atoms with Gasteiger partial charge >= 0.3 is 0 Å². The zero-order chi connectivity index (χ0) is 19.0. The Hall–Kier alpha value is -1.11. The first kappa shape index (κ1) is 20.2. The van der Waals surface area contributed by atoms with Crippen LogP contribution in [0.5, 0.6) is 0 Å². The molecule has 1 fully saturated rings. The largest absolute Gasteiger partial charge is 0.414 e. The Labute approximate surface area is 158 Å². The number of nitrogens with zero attached hydrogens (tertiary/aromatic N) is 1. The van der Waals surface area contributed by atoms with Gasteiger partial charge in [-0.1, -0.05) is 39.9 Å². The first-order valence-corrected chi connectivity index (χ1v) is 12.1. The van der Waals surface area contributed by atoms with E-state index in [4.69, 9.17) is 16.6 Å². The molecule has 1 saturated heterocycles. The van der Waals surface area contributed by atoms with Gasteiger partial charge in [0.2, 0.25) is 5.91 Å². The summed E-state index contributed by atoms with van der Waals surface area (Å²) in [6.45, 7) is 14.9. The average molecular weight is 379 g/mol. The minimum atomic E-state index is -1.32. The Morgan fingerprint density at radius 2 is 1.84 bits per heavy atom. The van der Waals surface area contributed by atoms with E-state index in [0.717, 1.165) is 10.4 Å². The van der Waals surface area contributed by atoms with Crippen molar-refractivity contribution in [2.75, 3.05) is 0 Å². The van der Waals surface area contributed by atoms with Gasteiger partial charge in [-0.3, -0.25) is 9.78 Å². The molecule has 0 aliphatic carbocycles. The van der Waals surface area contributed by atoms with Crippen molar-refractivity contribution in [3.8, 4) is 0 Å². The van der Waals surface area contributed by atoms with Crippen molar-refractivity contribution >= 4 is 32.0 Å². The molecule has 0 saturated carbocycles. The molecule has 1 N–H and O–H groups in total. The van der Waals surface area contributed by atoms with E-state index in [-0.39, 0.29) is 29.2 Å². The number of rotatable bonds is 6. The second-order valence-electron chi connectivity index (χ2n) is 8.42. The molecule has 0 radical (unpaired) electrons. The average Bonchev–Trinajstić information content (AvgIpc) is 2.50. The smallest absolute Gasteiger partial charge is 0.228 e. The lowest BCUT2D eigenvalue weighted by Gasteiger charge is -2.55. The zero-order valence-corrected chi connectivity index (χ0v) is 18.3. The molecule has 1 aliphatic rings. The molecule has 0 spiro atoms. The fourth-order valence-electron chi connectivity index (χ4n) is 3.56. The summed E-state index contributed by atoms with van der Waals surface area (Å²) in [7, 11) is -1.32. The lowest BCUT2D eigenvalue weighted by atomic mass is 9.62. The van der Waals surface area contributed by atoms with Crippen molar-refractivity contribution in [1.82, 2.24) is 10.3 Å². The van der Waals surface area contributed by atoms with Gasteiger partial charge in [-0.15, -0.1) is 0 Å². The van der Waals surface area contributed by atoms with Gasteiger partial charge in [-0.25, -0.2) is 0 Å². The fraction of sp³-hybridized carbons (Fsp3) is 0.632. The minimum absolute atomic E-state index is 0.00913. The van der Waals surface area contributed by atoms with Crippen molar-refractivity contribution in [1.29, 1.82) is 0 Å². The number of nitrogens with one attached hydrogen (secondary N) is 1. The van der Waals surface area contributed by atoms with E-state index in [1.54, 1.807) is 12.4 Å². The van der Waals surface area contributed by atoms with E-state index in [0.29, 0.717) is 0 Å². The molecule has 6 heteroatoms. The number of β-lactam (4-membered cyclic amide) rings is 1. The second-order valence-corrected chi connectivity index (χ2v) is 11.2. The first-order chi connectivity index (χ1) is 11.5. The number of hydrogen-bond donors (Lipinski definition) is 1. The Kier molecular flexibility index (Phi) is 5.86. The van der Waals surface area contributed by atoms with Gasteiger partial charge in [-0.05, 0) is 43.1 Å². The lowest BCUT2D eigenvalue weighted by molar-refractivity contribution is -0.160. The van der Waals surface area contributed by atoms with Crippen LogP contribution in [0.25, 0.3) is 0 Å². The molecule has 4 atom stereocenters. The zero-order valence-electron chi connectivity index (χ0n) is 16.3.